The third kappa shape index (κ3) is 3.42. The molecular weight excluding hydrogens is 352 g/mol. The lowest BCUT2D eigenvalue weighted by molar-refractivity contribution is -0.384. The smallest absolute Gasteiger partial charge is 0.293 e. The second kappa shape index (κ2) is 6.50. The summed E-state index contributed by atoms with van der Waals surface area (Å²) in [4.78, 5) is 13.8. The SMILES string of the molecule is CS(=O)(=O)c1ccc(N2CCOC(c3cccs3)C2)c([N+](=O)[O-])c1. The summed E-state index contributed by atoms with van der Waals surface area (Å²) >= 11 is 1.58. The second-order valence-electron chi connectivity index (χ2n) is 5.50. The topological polar surface area (TPSA) is 89.8 Å². The Labute approximate surface area is 143 Å². The van der Waals surface area contributed by atoms with Crippen LogP contribution >= 0.6 is 11.3 Å². The normalized spacial score (nSPS) is 18.5. The van der Waals surface area contributed by atoms with Gasteiger partial charge in [0.25, 0.3) is 5.69 Å². The Balaban J connectivity index is 1.94. The van der Waals surface area contributed by atoms with Crippen molar-refractivity contribution >= 4 is 32.5 Å². The van der Waals surface area contributed by atoms with Crippen molar-refractivity contribution < 1.29 is 18.1 Å². The monoisotopic (exact) mass is 368 g/mol. The fourth-order valence-corrected chi connectivity index (χ4v) is 4.07. The molecule has 2 heterocycles. The van der Waals surface area contributed by atoms with E-state index in [0.29, 0.717) is 25.4 Å². The molecule has 0 radical (unpaired) electrons. The highest BCUT2D eigenvalue weighted by atomic mass is 32.2. The van der Waals surface area contributed by atoms with Gasteiger partial charge in [-0.2, -0.15) is 0 Å². The van der Waals surface area contributed by atoms with Crippen LogP contribution < -0.4 is 4.90 Å². The first-order valence-electron chi connectivity index (χ1n) is 7.25. The van der Waals surface area contributed by atoms with Crippen LogP contribution in [0.15, 0.2) is 40.6 Å². The number of rotatable bonds is 4. The average molecular weight is 368 g/mol. The molecule has 2 aromatic rings. The Kier molecular flexibility index (Phi) is 4.57. The van der Waals surface area contributed by atoms with E-state index in [-0.39, 0.29) is 16.7 Å². The molecule has 3 rings (SSSR count). The Bertz CT molecular complexity index is 849. The number of hydrogen-bond donors (Lipinski definition) is 0. The highest BCUT2D eigenvalue weighted by Crippen LogP contribution is 2.35. The fourth-order valence-electron chi connectivity index (χ4n) is 2.66. The maximum Gasteiger partial charge on any atom is 0.293 e. The summed E-state index contributed by atoms with van der Waals surface area (Å²) in [6.45, 7) is 1.45. The third-order valence-corrected chi connectivity index (χ3v) is 5.91. The average Bonchev–Trinajstić information content (AvgIpc) is 3.08. The van der Waals surface area contributed by atoms with E-state index in [2.05, 4.69) is 0 Å². The summed E-state index contributed by atoms with van der Waals surface area (Å²) in [6, 6.07) is 7.95. The van der Waals surface area contributed by atoms with Crippen LogP contribution in [0.3, 0.4) is 0 Å². The summed E-state index contributed by atoms with van der Waals surface area (Å²) in [5.41, 5.74) is 0.210. The van der Waals surface area contributed by atoms with Crippen molar-refractivity contribution in [3.63, 3.8) is 0 Å². The first kappa shape index (κ1) is 16.9. The molecule has 0 aliphatic carbocycles. The zero-order valence-electron chi connectivity index (χ0n) is 12.9. The van der Waals surface area contributed by atoms with Gasteiger partial charge in [0.1, 0.15) is 11.8 Å². The van der Waals surface area contributed by atoms with Crippen LogP contribution in [-0.2, 0) is 14.6 Å². The van der Waals surface area contributed by atoms with E-state index < -0.39 is 14.8 Å². The minimum atomic E-state index is -3.50. The predicted octanol–water partition coefficient (Wildman–Crippen LogP) is 2.64. The van der Waals surface area contributed by atoms with Gasteiger partial charge in [0.15, 0.2) is 9.84 Å². The van der Waals surface area contributed by atoms with E-state index >= 15 is 0 Å². The first-order chi connectivity index (χ1) is 11.4. The number of sulfone groups is 1. The van der Waals surface area contributed by atoms with Gasteiger partial charge >= 0.3 is 0 Å². The third-order valence-electron chi connectivity index (χ3n) is 3.84. The molecule has 1 unspecified atom stereocenters. The quantitative estimate of drug-likeness (QED) is 0.609. The molecule has 128 valence electrons. The Morgan fingerprint density at radius 1 is 1.38 bits per heavy atom. The van der Waals surface area contributed by atoms with E-state index in [4.69, 9.17) is 4.74 Å². The largest absolute Gasteiger partial charge is 0.369 e. The summed E-state index contributed by atoms with van der Waals surface area (Å²) < 4.78 is 29.1. The molecule has 1 aromatic carbocycles. The zero-order valence-corrected chi connectivity index (χ0v) is 14.5. The van der Waals surface area contributed by atoms with Crippen molar-refractivity contribution in [2.45, 2.75) is 11.0 Å². The van der Waals surface area contributed by atoms with Crippen LogP contribution in [0.4, 0.5) is 11.4 Å². The molecule has 24 heavy (non-hydrogen) atoms. The lowest BCUT2D eigenvalue weighted by Crippen LogP contribution is -2.38. The number of benzene rings is 1. The molecule has 1 atom stereocenters. The zero-order chi connectivity index (χ0) is 17.3. The maximum atomic E-state index is 11.6. The number of ether oxygens (including phenoxy) is 1. The number of nitro groups is 1. The van der Waals surface area contributed by atoms with Crippen LogP contribution in [0.2, 0.25) is 0 Å². The summed E-state index contributed by atoms with van der Waals surface area (Å²) in [5, 5.41) is 13.4. The molecule has 1 saturated heterocycles. The lowest BCUT2D eigenvalue weighted by Gasteiger charge is -2.33. The van der Waals surface area contributed by atoms with Gasteiger partial charge in [-0.25, -0.2) is 8.42 Å². The van der Waals surface area contributed by atoms with Crippen LogP contribution in [0.25, 0.3) is 0 Å². The summed E-state index contributed by atoms with van der Waals surface area (Å²) in [7, 11) is -3.50. The maximum absolute atomic E-state index is 11.6. The highest BCUT2D eigenvalue weighted by molar-refractivity contribution is 7.90. The van der Waals surface area contributed by atoms with Crippen molar-refractivity contribution in [1.29, 1.82) is 0 Å². The number of nitro benzene ring substituents is 1. The molecule has 1 aliphatic heterocycles. The van der Waals surface area contributed by atoms with Gasteiger partial charge in [0, 0.05) is 30.3 Å². The summed E-state index contributed by atoms with van der Waals surface area (Å²) in [6.07, 6.45) is 0.890. The summed E-state index contributed by atoms with van der Waals surface area (Å²) in [5.74, 6) is 0. The number of morpholine rings is 1. The molecule has 0 N–H and O–H groups in total. The van der Waals surface area contributed by atoms with Crippen molar-refractivity contribution in [1.82, 2.24) is 0 Å². The lowest BCUT2D eigenvalue weighted by atomic mass is 10.2. The van der Waals surface area contributed by atoms with E-state index in [1.54, 1.807) is 11.3 Å². The Morgan fingerprint density at radius 3 is 2.79 bits per heavy atom. The molecule has 0 bridgehead atoms. The van der Waals surface area contributed by atoms with Crippen LogP contribution in [0, 0.1) is 10.1 Å². The van der Waals surface area contributed by atoms with Gasteiger partial charge in [-0.1, -0.05) is 6.07 Å². The van der Waals surface area contributed by atoms with Gasteiger partial charge < -0.3 is 9.64 Å². The fraction of sp³-hybridized carbons (Fsp3) is 0.333. The van der Waals surface area contributed by atoms with Crippen LogP contribution in [-0.4, -0.2) is 39.3 Å². The van der Waals surface area contributed by atoms with Crippen LogP contribution in [0.1, 0.15) is 11.0 Å². The molecule has 0 amide bonds. The molecule has 9 heteroatoms. The van der Waals surface area contributed by atoms with Crippen molar-refractivity contribution in [3.8, 4) is 0 Å². The van der Waals surface area contributed by atoms with Crippen molar-refractivity contribution in [2.24, 2.45) is 0 Å². The highest BCUT2D eigenvalue weighted by Gasteiger charge is 2.28. The predicted molar refractivity (Wildman–Crippen MR) is 91.4 cm³/mol. The number of thiophene rings is 1. The molecule has 0 saturated carbocycles. The van der Waals surface area contributed by atoms with Gasteiger partial charge in [0.05, 0.1) is 16.4 Å². The number of anilines is 1. The van der Waals surface area contributed by atoms with Crippen LogP contribution in [0.5, 0.6) is 0 Å². The molecular formula is C15H16N2O5S2. The standard InChI is InChI=1S/C15H16N2O5S2/c1-24(20,21)11-4-5-12(13(9-11)17(18)19)16-6-7-22-14(10-16)15-3-2-8-23-15/h2-5,8-9,14H,6-7,10H2,1H3. The van der Waals surface area contributed by atoms with Gasteiger partial charge in [-0.3, -0.25) is 10.1 Å². The first-order valence-corrected chi connectivity index (χ1v) is 10.0. The van der Waals surface area contributed by atoms with E-state index in [0.717, 1.165) is 17.2 Å². The molecule has 0 spiro atoms. The number of nitrogens with zero attached hydrogens (tertiary/aromatic N) is 2. The van der Waals surface area contributed by atoms with Crippen molar-refractivity contribution in [2.75, 3.05) is 30.9 Å². The van der Waals surface area contributed by atoms with Gasteiger partial charge in [-0.05, 0) is 23.6 Å². The van der Waals surface area contributed by atoms with Crippen molar-refractivity contribution in [3.05, 3.63) is 50.7 Å². The van der Waals surface area contributed by atoms with E-state index in [9.17, 15) is 18.5 Å². The van der Waals surface area contributed by atoms with Gasteiger partial charge in [-0.15, -0.1) is 11.3 Å². The molecule has 7 nitrogen and oxygen atoms in total. The molecule has 1 aromatic heterocycles. The van der Waals surface area contributed by atoms with E-state index in [1.165, 1.54) is 12.1 Å². The Hall–Kier alpha value is -1.97. The minimum absolute atomic E-state index is 0.0546. The number of hydrogen-bond acceptors (Lipinski definition) is 7. The van der Waals surface area contributed by atoms with Gasteiger partial charge in [0.2, 0.25) is 0 Å². The van der Waals surface area contributed by atoms with E-state index in [1.807, 2.05) is 22.4 Å². The minimum Gasteiger partial charge on any atom is -0.369 e. The second-order valence-corrected chi connectivity index (χ2v) is 8.50. The molecule has 1 fully saturated rings. The molecule has 1 aliphatic rings. The Morgan fingerprint density at radius 2 is 2.17 bits per heavy atom.